The largest absolute Gasteiger partial charge is 0.0775 e. The van der Waals surface area contributed by atoms with Gasteiger partial charge in [0.05, 0.1) is 0 Å². The quantitative estimate of drug-likeness (QED) is 0.454. The Kier molecular flexibility index (Phi) is 37.4. The van der Waals surface area contributed by atoms with Crippen LogP contribution in [0.25, 0.3) is 0 Å². The van der Waals surface area contributed by atoms with Gasteiger partial charge in [-0.3, -0.25) is 0 Å². The van der Waals surface area contributed by atoms with E-state index in [1.165, 1.54) is 31.3 Å². The van der Waals surface area contributed by atoms with Crippen LogP contribution < -0.4 is 0 Å². The Morgan fingerprint density at radius 1 is 0.833 bits per heavy atom. The summed E-state index contributed by atoms with van der Waals surface area (Å²) in [6, 6.07) is 0. The first-order chi connectivity index (χ1) is 8.45. The zero-order chi connectivity index (χ0) is 15.6. The van der Waals surface area contributed by atoms with Crippen LogP contribution in [0.4, 0.5) is 0 Å². The minimum atomic E-state index is 0.884. The van der Waals surface area contributed by atoms with Gasteiger partial charge in [0.25, 0.3) is 0 Å². The maximum atomic E-state index is 2.23. The van der Waals surface area contributed by atoms with Gasteiger partial charge in [0, 0.05) is 0 Å². The second kappa shape index (κ2) is 25.6. The fourth-order valence-electron chi connectivity index (χ4n) is 0.692. The van der Waals surface area contributed by atoms with Gasteiger partial charge in [-0.25, -0.2) is 0 Å². The third kappa shape index (κ3) is 36.0. The monoisotopic (exact) mass is 258 g/mol. The molecule has 0 aromatic heterocycles. The normalized spacial score (nSPS) is 8.00. The van der Waals surface area contributed by atoms with Crippen molar-refractivity contribution >= 4 is 0 Å². The molecule has 0 N–H and O–H groups in total. The molecule has 0 aliphatic heterocycles. The first kappa shape index (κ1) is 26.3. The maximum Gasteiger partial charge on any atom is -0.0321 e. The van der Waals surface area contributed by atoms with Gasteiger partial charge < -0.3 is 0 Å². The molecule has 0 radical (unpaired) electrons. The molecule has 0 aliphatic rings. The van der Waals surface area contributed by atoms with E-state index in [9.17, 15) is 0 Å². The van der Waals surface area contributed by atoms with E-state index < -0.39 is 0 Å². The summed E-state index contributed by atoms with van der Waals surface area (Å²) in [7, 11) is 0. The molecule has 0 unspecified atom stereocenters. The summed E-state index contributed by atoms with van der Waals surface area (Å²) in [5, 5.41) is 0. The predicted octanol–water partition coefficient (Wildman–Crippen LogP) is 7.64. The molecule has 114 valence electrons. The lowest BCUT2D eigenvalue weighted by atomic mass is 10.1. The predicted molar refractivity (Wildman–Crippen MR) is 91.4 cm³/mol. The van der Waals surface area contributed by atoms with Gasteiger partial charge in [0.2, 0.25) is 0 Å². The maximum absolute atomic E-state index is 2.23. The average molecular weight is 259 g/mol. The van der Waals surface area contributed by atoms with E-state index in [1.807, 2.05) is 27.7 Å². The molecule has 0 saturated heterocycles. The van der Waals surface area contributed by atoms with Gasteiger partial charge in [0.1, 0.15) is 0 Å². The molecule has 0 nitrogen and oxygen atoms in total. The minimum absolute atomic E-state index is 0.884. The van der Waals surface area contributed by atoms with Crippen LogP contribution in [0.2, 0.25) is 0 Å². The first-order valence-corrected chi connectivity index (χ1v) is 8.08. The highest BCUT2D eigenvalue weighted by molar-refractivity contribution is 5.05. The third-order valence-corrected chi connectivity index (χ3v) is 2.58. The second-order valence-electron chi connectivity index (χ2n) is 4.69. The molecule has 18 heavy (non-hydrogen) atoms. The van der Waals surface area contributed by atoms with Crippen molar-refractivity contribution in [3.05, 3.63) is 11.1 Å². The minimum Gasteiger partial charge on any atom is -0.0775 e. The van der Waals surface area contributed by atoms with Crippen molar-refractivity contribution in [3.8, 4) is 0 Å². The van der Waals surface area contributed by atoms with Crippen LogP contribution in [-0.4, -0.2) is 0 Å². The summed E-state index contributed by atoms with van der Waals surface area (Å²) >= 11 is 0. The summed E-state index contributed by atoms with van der Waals surface area (Å²) in [6.07, 6.45) is 5.25. The number of hydrogen-bond donors (Lipinski definition) is 0. The molecule has 0 bridgehead atoms. The van der Waals surface area contributed by atoms with Crippen molar-refractivity contribution < 1.29 is 0 Å². The lowest BCUT2D eigenvalue weighted by molar-refractivity contribution is 0.626. The number of rotatable bonds is 4. The molecule has 0 heteroatoms. The molecular weight excluding hydrogens is 216 g/mol. The smallest absolute Gasteiger partial charge is 0.0321 e. The number of allylic oxidation sites excluding steroid dienone is 2. The standard InChI is InChI=1S/C9H18.C5H12.2C2H6/c1-5-6-7-9(4)8(2)3;1-4-5(2)3;2*1-2/h5-7H2,1-4H3;5H,4H2,1-3H3;2*1-2H3. The van der Waals surface area contributed by atoms with E-state index in [0.29, 0.717) is 0 Å². The number of hydrogen-bond acceptors (Lipinski definition) is 0. The average Bonchev–Trinajstić information content (AvgIpc) is 2.41. The van der Waals surface area contributed by atoms with Crippen LogP contribution in [-0.2, 0) is 0 Å². The Balaban J connectivity index is -0.0000000925. The molecule has 0 atom stereocenters. The fourth-order valence-corrected chi connectivity index (χ4v) is 0.692. The Morgan fingerprint density at radius 3 is 1.33 bits per heavy atom. The van der Waals surface area contributed by atoms with Crippen molar-refractivity contribution in [1.29, 1.82) is 0 Å². The van der Waals surface area contributed by atoms with E-state index in [4.69, 9.17) is 0 Å². The second-order valence-corrected chi connectivity index (χ2v) is 4.69. The fraction of sp³-hybridized carbons (Fsp3) is 0.889. The van der Waals surface area contributed by atoms with Crippen LogP contribution in [0.3, 0.4) is 0 Å². The van der Waals surface area contributed by atoms with Crippen molar-refractivity contribution in [2.75, 3.05) is 0 Å². The summed E-state index contributed by atoms with van der Waals surface area (Å²) in [6.45, 7) is 23.5. The van der Waals surface area contributed by atoms with Crippen LogP contribution in [0.5, 0.6) is 0 Å². The molecule has 0 aromatic rings. The lowest BCUT2D eigenvalue weighted by Gasteiger charge is -2.00. The van der Waals surface area contributed by atoms with Gasteiger partial charge in [0.15, 0.2) is 0 Å². The van der Waals surface area contributed by atoms with Crippen molar-refractivity contribution in [2.24, 2.45) is 5.92 Å². The Hall–Kier alpha value is -0.260. The molecule has 0 aromatic carbocycles. The van der Waals surface area contributed by atoms with E-state index >= 15 is 0 Å². The van der Waals surface area contributed by atoms with Crippen LogP contribution in [0.15, 0.2) is 11.1 Å². The Bertz CT molecular complexity index is 136. The highest BCUT2D eigenvalue weighted by Gasteiger charge is 1.89. The van der Waals surface area contributed by atoms with E-state index in [-0.39, 0.29) is 0 Å². The van der Waals surface area contributed by atoms with Gasteiger partial charge in [-0.1, -0.05) is 79.4 Å². The lowest BCUT2D eigenvalue weighted by Crippen LogP contribution is -1.79. The van der Waals surface area contributed by atoms with E-state index in [1.54, 1.807) is 5.57 Å². The van der Waals surface area contributed by atoms with Crippen molar-refractivity contribution in [3.63, 3.8) is 0 Å². The van der Waals surface area contributed by atoms with Gasteiger partial charge in [-0.2, -0.15) is 0 Å². The Morgan fingerprint density at radius 2 is 1.17 bits per heavy atom. The molecule has 0 spiro atoms. The highest BCUT2D eigenvalue weighted by atomic mass is 14.0. The zero-order valence-corrected chi connectivity index (χ0v) is 15.4. The third-order valence-electron chi connectivity index (χ3n) is 2.58. The van der Waals surface area contributed by atoms with Gasteiger partial charge in [-0.15, -0.1) is 0 Å². The van der Waals surface area contributed by atoms with Crippen LogP contribution >= 0.6 is 0 Å². The van der Waals surface area contributed by atoms with Crippen molar-refractivity contribution in [2.45, 2.75) is 102 Å². The number of unbranched alkanes of at least 4 members (excludes halogenated alkanes) is 1. The summed E-state index contributed by atoms with van der Waals surface area (Å²) < 4.78 is 0. The molecule has 0 heterocycles. The van der Waals surface area contributed by atoms with Crippen LogP contribution in [0.1, 0.15) is 102 Å². The SMILES string of the molecule is CC.CC.CCC(C)C.CCCCC(C)=C(C)C. The summed E-state index contributed by atoms with van der Waals surface area (Å²) in [5.41, 5.74) is 3.06. The van der Waals surface area contributed by atoms with E-state index in [0.717, 1.165) is 5.92 Å². The molecule has 0 aliphatic carbocycles. The zero-order valence-electron chi connectivity index (χ0n) is 15.4. The first-order valence-electron chi connectivity index (χ1n) is 8.08. The molecular formula is C18H42. The molecule has 0 saturated carbocycles. The summed E-state index contributed by atoms with van der Waals surface area (Å²) in [5.74, 6) is 0.884. The van der Waals surface area contributed by atoms with Crippen LogP contribution in [0, 0.1) is 5.92 Å². The van der Waals surface area contributed by atoms with E-state index in [2.05, 4.69) is 48.5 Å². The highest BCUT2D eigenvalue weighted by Crippen LogP contribution is 2.10. The summed E-state index contributed by atoms with van der Waals surface area (Å²) in [4.78, 5) is 0. The van der Waals surface area contributed by atoms with Gasteiger partial charge >= 0.3 is 0 Å². The van der Waals surface area contributed by atoms with Crippen molar-refractivity contribution in [1.82, 2.24) is 0 Å². The van der Waals surface area contributed by atoms with Gasteiger partial charge in [-0.05, 0) is 39.5 Å². The molecule has 0 amide bonds. The Labute approximate surface area is 119 Å². The molecule has 0 fully saturated rings. The molecule has 0 rings (SSSR count). The topological polar surface area (TPSA) is 0 Å².